The number of fused-ring (bicyclic) bond motifs is 1. The fourth-order valence-electron chi connectivity index (χ4n) is 3.71. The fourth-order valence-corrected chi connectivity index (χ4v) is 4.88. The number of sulfonamides is 1. The van der Waals surface area contributed by atoms with E-state index >= 15 is 0 Å². The van der Waals surface area contributed by atoms with E-state index in [4.69, 9.17) is 0 Å². The third-order valence-corrected chi connectivity index (χ3v) is 6.95. The molecule has 35 heavy (non-hydrogen) atoms. The Morgan fingerprint density at radius 3 is 2.43 bits per heavy atom. The predicted molar refractivity (Wildman–Crippen MR) is 138 cm³/mol. The van der Waals surface area contributed by atoms with Gasteiger partial charge in [0.1, 0.15) is 5.75 Å². The Morgan fingerprint density at radius 1 is 0.886 bits per heavy atom. The van der Waals surface area contributed by atoms with Crippen molar-refractivity contribution in [2.24, 2.45) is 0 Å². The van der Waals surface area contributed by atoms with Gasteiger partial charge in [0, 0.05) is 16.5 Å². The standard InChI is InChI=1S/C27H25N3O4S/c1-17-11-14-25(18(2)15-17)30-35(33,34)22-9-6-8-21(16-22)27(32)29-28-19(3)23-13-12-20-7-4-5-10-24(20)26(23)31/h4-16,28,30-31H,3H2,1-2H3,(H,29,32). The van der Waals surface area contributed by atoms with Crippen molar-refractivity contribution in [2.75, 3.05) is 4.72 Å². The van der Waals surface area contributed by atoms with Gasteiger partial charge in [-0.3, -0.25) is 20.4 Å². The lowest BCUT2D eigenvalue weighted by Gasteiger charge is -2.14. The minimum Gasteiger partial charge on any atom is -0.507 e. The van der Waals surface area contributed by atoms with Crippen LogP contribution in [-0.2, 0) is 10.0 Å². The summed E-state index contributed by atoms with van der Waals surface area (Å²) in [5, 5.41) is 12.1. The SMILES string of the molecule is C=C(NNC(=O)c1cccc(S(=O)(=O)Nc2ccc(C)cc2C)c1)c1ccc2ccccc2c1O. The Kier molecular flexibility index (Phi) is 6.48. The number of carbonyl (C=O) groups is 1. The summed E-state index contributed by atoms with van der Waals surface area (Å²) in [6.45, 7) is 7.63. The van der Waals surface area contributed by atoms with Crippen LogP contribution in [0.1, 0.15) is 27.0 Å². The lowest BCUT2D eigenvalue weighted by molar-refractivity contribution is 0.0942. The molecule has 0 aliphatic rings. The molecular weight excluding hydrogens is 462 g/mol. The number of nitrogens with one attached hydrogen (secondary N) is 3. The van der Waals surface area contributed by atoms with E-state index in [0.29, 0.717) is 16.6 Å². The van der Waals surface area contributed by atoms with Gasteiger partial charge in [-0.1, -0.05) is 60.7 Å². The highest BCUT2D eigenvalue weighted by molar-refractivity contribution is 7.92. The second kappa shape index (κ2) is 9.52. The van der Waals surface area contributed by atoms with Gasteiger partial charge in [0.25, 0.3) is 15.9 Å². The second-order valence-corrected chi connectivity index (χ2v) is 9.87. The first-order valence-corrected chi connectivity index (χ1v) is 12.3. The minimum absolute atomic E-state index is 0.0420. The molecule has 1 amide bonds. The maximum atomic E-state index is 12.9. The quantitative estimate of drug-likeness (QED) is 0.278. The number of hydrogen-bond acceptors (Lipinski definition) is 5. The van der Waals surface area contributed by atoms with Gasteiger partial charge in [-0.05, 0) is 55.1 Å². The van der Waals surface area contributed by atoms with Crippen LogP contribution in [0.3, 0.4) is 0 Å². The summed E-state index contributed by atoms with van der Waals surface area (Å²) in [6, 6.07) is 22.0. The van der Waals surface area contributed by atoms with Gasteiger partial charge in [0.2, 0.25) is 0 Å². The van der Waals surface area contributed by atoms with Crippen LogP contribution < -0.4 is 15.6 Å². The third-order valence-electron chi connectivity index (χ3n) is 5.59. The Balaban J connectivity index is 1.48. The van der Waals surface area contributed by atoms with Crippen LogP contribution in [0, 0.1) is 13.8 Å². The van der Waals surface area contributed by atoms with Crippen LogP contribution in [0.4, 0.5) is 5.69 Å². The zero-order valence-electron chi connectivity index (χ0n) is 19.3. The number of carbonyl (C=O) groups excluding carboxylic acids is 1. The molecule has 0 atom stereocenters. The molecule has 0 saturated carbocycles. The Morgan fingerprint density at radius 2 is 1.66 bits per heavy atom. The number of anilines is 1. The summed E-state index contributed by atoms with van der Waals surface area (Å²) >= 11 is 0. The smallest absolute Gasteiger partial charge is 0.269 e. The van der Waals surface area contributed by atoms with E-state index < -0.39 is 15.9 Å². The largest absolute Gasteiger partial charge is 0.507 e. The number of benzene rings is 4. The maximum absolute atomic E-state index is 12.9. The molecule has 0 fully saturated rings. The van der Waals surface area contributed by atoms with Crippen LogP contribution in [0.5, 0.6) is 5.75 Å². The van der Waals surface area contributed by atoms with Crippen molar-refractivity contribution in [3.05, 3.63) is 108 Å². The summed E-state index contributed by atoms with van der Waals surface area (Å²) in [4.78, 5) is 12.7. The first kappa shape index (κ1) is 23.8. The maximum Gasteiger partial charge on any atom is 0.269 e. The molecule has 0 radical (unpaired) electrons. The number of aryl methyl sites for hydroxylation is 2. The molecule has 4 aromatic rings. The van der Waals surface area contributed by atoms with Crippen molar-refractivity contribution in [1.82, 2.24) is 10.9 Å². The van der Waals surface area contributed by atoms with Crippen molar-refractivity contribution in [1.29, 1.82) is 0 Å². The topological polar surface area (TPSA) is 108 Å². The van der Waals surface area contributed by atoms with E-state index in [0.717, 1.165) is 16.5 Å². The molecule has 8 heteroatoms. The molecule has 0 bridgehead atoms. The lowest BCUT2D eigenvalue weighted by Crippen LogP contribution is -2.36. The van der Waals surface area contributed by atoms with Gasteiger partial charge in [-0.15, -0.1) is 0 Å². The molecule has 0 saturated heterocycles. The number of rotatable bonds is 7. The summed E-state index contributed by atoms with van der Waals surface area (Å²) < 4.78 is 28.4. The molecule has 0 aliphatic heterocycles. The van der Waals surface area contributed by atoms with Crippen LogP contribution in [0.15, 0.2) is 90.3 Å². The van der Waals surface area contributed by atoms with Crippen molar-refractivity contribution in [3.63, 3.8) is 0 Å². The van der Waals surface area contributed by atoms with E-state index in [-0.39, 0.29) is 21.9 Å². The summed E-state index contributed by atoms with van der Waals surface area (Å²) in [5.74, 6) is -0.518. The number of hydrazine groups is 1. The van der Waals surface area contributed by atoms with Crippen molar-refractivity contribution in [2.45, 2.75) is 18.7 Å². The number of aromatic hydroxyl groups is 1. The minimum atomic E-state index is -3.91. The highest BCUT2D eigenvalue weighted by Gasteiger charge is 2.18. The van der Waals surface area contributed by atoms with Gasteiger partial charge in [0.15, 0.2) is 0 Å². The van der Waals surface area contributed by atoms with Crippen molar-refractivity contribution < 1.29 is 18.3 Å². The van der Waals surface area contributed by atoms with Gasteiger partial charge in [-0.25, -0.2) is 8.42 Å². The molecule has 0 heterocycles. The van der Waals surface area contributed by atoms with E-state index in [1.54, 1.807) is 18.2 Å². The Labute approximate surface area is 204 Å². The van der Waals surface area contributed by atoms with Gasteiger partial charge in [0.05, 0.1) is 16.3 Å². The van der Waals surface area contributed by atoms with Gasteiger partial charge >= 0.3 is 0 Å². The van der Waals surface area contributed by atoms with Gasteiger partial charge < -0.3 is 5.11 Å². The summed E-state index contributed by atoms with van der Waals surface area (Å²) in [6.07, 6.45) is 0. The number of phenolic OH excluding ortho intramolecular Hbond substituents is 1. The van der Waals surface area contributed by atoms with Crippen LogP contribution >= 0.6 is 0 Å². The molecule has 4 rings (SSSR count). The summed E-state index contributed by atoms with van der Waals surface area (Å²) in [7, 11) is -3.91. The van der Waals surface area contributed by atoms with Crippen molar-refractivity contribution >= 4 is 38.1 Å². The number of amides is 1. The molecule has 0 aliphatic carbocycles. The van der Waals surface area contributed by atoms with Gasteiger partial charge in [-0.2, -0.15) is 0 Å². The molecule has 7 nitrogen and oxygen atoms in total. The average Bonchev–Trinajstić information content (AvgIpc) is 2.84. The lowest BCUT2D eigenvalue weighted by atomic mass is 10.0. The van der Waals surface area contributed by atoms with Crippen LogP contribution in [0.2, 0.25) is 0 Å². The van der Waals surface area contributed by atoms with E-state index in [2.05, 4.69) is 22.2 Å². The molecule has 4 aromatic carbocycles. The zero-order valence-corrected chi connectivity index (χ0v) is 20.1. The molecular formula is C27H25N3O4S. The van der Waals surface area contributed by atoms with Crippen LogP contribution in [-0.4, -0.2) is 19.4 Å². The van der Waals surface area contributed by atoms with E-state index in [1.165, 1.54) is 24.3 Å². The van der Waals surface area contributed by atoms with E-state index in [1.807, 2.05) is 50.2 Å². The number of hydrogen-bond donors (Lipinski definition) is 4. The Hall–Kier alpha value is -4.30. The third kappa shape index (κ3) is 5.12. The van der Waals surface area contributed by atoms with Crippen molar-refractivity contribution in [3.8, 4) is 5.75 Å². The fraction of sp³-hybridized carbons (Fsp3) is 0.0741. The zero-order chi connectivity index (χ0) is 25.2. The monoisotopic (exact) mass is 487 g/mol. The average molecular weight is 488 g/mol. The number of phenols is 1. The molecule has 178 valence electrons. The molecule has 4 N–H and O–H groups in total. The highest BCUT2D eigenvalue weighted by Crippen LogP contribution is 2.31. The summed E-state index contributed by atoms with van der Waals surface area (Å²) in [5.41, 5.74) is 8.33. The van der Waals surface area contributed by atoms with E-state index in [9.17, 15) is 18.3 Å². The molecule has 0 spiro atoms. The Bertz CT molecular complexity index is 1560. The predicted octanol–water partition coefficient (Wildman–Crippen LogP) is 4.87. The first-order valence-electron chi connectivity index (χ1n) is 10.8. The first-order chi connectivity index (χ1) is 16.7. The molecule has 0 unspecified atom stereocenters. The highest BCUT2D eigenvalue weighted by atomic mass is 32.2. The second-order valence-electron chi connectivity index (χ2n) is 8.19. The molecule has 0 aromatic heterocycles. The van der Waals surface area contributed by atoms with Crippen LogP contribution in [0.25, 0.3) is 16.5 Å². The normalized spacial score (nSPS) is 11.1.